The molecule has 0 saturated heterocycles. The number of ether oxygens (including phenoxy) is 3. The summed E-state index contributed by atoms with van der Waals surface area (Å²) in [7, 11) is 1.54. The van der Waals surface area contributed by atoms with E-state index in [1.54, 1.807) is 70.3 Å². The number of hydrogen-bond donors (Lipinski definition) is 2. The molecule has 0 saturated carbocycles. The van der Waals surface area contributed by atoms with Gasteiger partial charge in [0.15, 0.2) is 11.5 Å². The zero-order chi connectivity index (χ0) is 20.7. The van der Waals surface area contributed by atoms with Crippen LogP contribution in [0.25, 0.3) is 0 Å². The van der Waals surface area contributed by atoms with E-state index in [0.29, 0.717) is 35.0 Å². The summed E-state index contributed by atoms with van der Waals surface area (Å²) >= 11 is 0. The second-order valence-electron chi connectivity index (χ2n) is 6.96. The maximum Gasteiger partial charge on any atom is 0.412 e. The molecule has 0 atom stereocenters. The maximum absolute atomic E-state index is 12.5. The molecule has 0 fully saturated rings. The summed E-state index contributed by atoms with van der Waals surface area (Å²) in [5.41, 5.74) is 0.986. The third-order valence-electron chi connectivity index (χ3n) is 3.51. The Morgan fingerprint density at radius 1 is 0.929 bits per heavy atom. The third-order valence-corrected chi connectivity index (χ3v) is 3.51. The Labute approximate surface area is 165 Å². The molecule has 2 amide bonds. The Morgan fingerprint density at radius 2 is 1.57 bits per heavy atom. The van der Waals surface area contributed by atoms with Crippen LogP contribution in [0.15, 0.2) is 42.5 Å². The number of carbonyl (C=O) groups is 2. The zero-order valence-electron chi connectivity index (χ0n) is 16.8. The van der Waals surface area contributed by atoms with Gasteiger partial charge >= 0.3 is 6.09 Å². The fourth-order valence-corrected chi connectivity index (χ4v) is 2.35. The van der Waals surface area contributed by atoms with Crippen molar-refractivity contribution in [2.75, 3.05) is 24.4 Å². The van der Waals surface area contributed by atoms with E-state index >= 15 is 0 Å². The van der Waals surface area contributed by atoms with Crippen LogP contribution >= 0.6 is 0 Å². The smallest absolute Gasteiger partial charge is 0.412 e. The van der Waals surface area contributed by atoms with Gasteiger partial charge in [0.1, 0.15) is 5.60 Å². The number of hydrogen-bond acceptors (Lipinski definition) is 5. The number of benzene rings is 2. The average molecular weight is 386 g/mol. The largest absolute Gasteiger partial charge is 0.493 e. The molecule has 2 N–H and O–H groups in total. The minimum Gasteiger partial charge on any atom is -0.493 e. The van der Waals surface area contributed by atoms with Gasteiger partial charge < -0.3 is 19.5 Å². The van der Waals surface area contributed by atoms with Crippen molar-refractivity contribution in [3.05, 3.63) is 48.0 Å². The zero-order valence-corrected chi connectivity index (χ0v) is 16.8. The Bertz CT molecular complexity index is 826. The van der Waals surface area contributed by atoms with Crippen molar-refractivity contribution in [3.63, 3.8) is 0 Å². The SMILES string of the molecule is CCOc1ccc(NC(=O)c2ccc(NC(=O)OC(C)(C)C)cc2)cc1OC. The highest BCUT2D eigenvalue weighted by atomic mass is 16.6. The monoisotopic (exact) mass is 386 g/mol. The first-order valence-electron chi connectivity index (χ1n) is 8.94. The molecule has 0 heterocycles. The Balaban J connectivity index is 2.02. The van der Waals surface area contributed by atoms with Crippen LogP contribution in [0, 0.1) is 0 Å². The van der Waals surface area contributed by atoms with Gasteiger partial charge in [0, 0.05) is 23.0 Å². The van der Waals surface area contributed by atoms with Gasteiger partial charge in [-0.1, -0.05) is 0 Å². The van der Waals surface area contributed by atoms with Crippen LogP contribution in [-0.2, 0) is 4.74 Å². The molecule has 7 nitrogen and oxygen atoms in total. The van der Waals surface area contributed by atoms with Gasteiger partial charge in [0.25, 0.3) is 5.91 Å². The van der Waals surface area contributed by atoms with Crippen molar-refractivity contribution in [1.29, 1.82) is 0 Å². The summed E-state index contributed by atoms with van der Waals surface area (Å²) in [4.78, 5) is 24.2. The topological polar surface area (TPSA) is 85.9 Å². The molecule has 0 unspecified atom stereocenters. The second-order valence-corrected chi connectivity index (χ2v) is 6.96. The highest BCUT2D eigenvalue weighted by Gasteiger charge is 2.16. The molecule has 0 aliphatic carbocycles. The van der Waals surface area contributed by atoms with E-state index in [9.17, 15) is 9.59 Å². The minimum absolute atomic E-state index is 0.282. The molecule has 0 bridgehead atoms. The molecule has 2 aromatic carbocycles. The Hall–Kier alpha value is -3.22. The Kier molecular flexibility index (Phi) is 6.87. The Morgan fingerprint density at radius 3 is 2.14 bits per heavy atom. The van der Waals surface area contributed by atoms with Crippen LogP contribution in [-0.4, -0.2) is 31.3 Å². The van der Waals surface area contributed by atoms with E-state index in [-0.39, 0.29) is 5.91 Å². The molecular formula is C21H26N2O5. The summed E-state index contributed by atoms with van der Waals surface area (Å²) in [5, 5.41) is 5.43. The molecule has 0 aromatic heterocycles. The van der Waals surface area contributed by atoms with Gasteiger partial charge in [-0.2, -0.15) is 0 Å². The van der Waals surface area contributed by atoms with E-state index in [1.807, 2.05) is 6.92 Å². The van der Waals surface area contributed by atoms with Crippen LogP contribution in [0.1, 0.15) is 38.1 Å². The molecule has 7 heteroatoms. The first-order chi connectivity index (χ1) is 13.2. The van der Waals surface area contributed by atoms with Crippen molar-refractivity contribution in [1.82, 2.24) is 0 Å². The maximum atomic E-state index is 12.5. The van der Waals surface area contributed by atoms with Gasteiger partial charge in [0.05, 0.1) is 13.7 Å². The fraction of sp³-hybridized carbons (Fsp3) is 0.333. The quantitative estimate of drug-likeness (QED) is 0.752. The lowest BCUT2D eigenvalue weighted by Crippen LogP contribution is -2.27. The van der Waals surface area contributed by atoms with Crippen LogP contribution in [0.2, 0.25) is 0 Å². The third kappa shape index (κ3) is 6.19. The molecule has 2 aromatic rings. The van der Waals surface area contributed by atoms with Crippen LogP contribution in [0.4, 0.5) is 16.2 Å². The molecule has 28 heavy (non-hydrogen) atoms. The standard InChI is InChI=1S/C21H26N2O5/c1-6-27-17-12-11-16(13-18(17)26-5)22-19(24)14-7-9-15(10-8-14)23-20(25)28-21(2,3)4/h7-13H,6H2,1-5H3,(H,22,24)(H,23,25). The summed E-state index contributed by atoms with van der Waals surface area (Å²) in [6, 6.07) is 11.7. The predicted molar refractivity (Wildman–Crippen MR) is 108 cm³/mol. The second kappa shape index (κ2) is 9.12. The van der Waals surface area contributed by atoms with Crippen molar-refractivity contribution >= 4 is 23.4 Å². The first kappa shape index (κ1) is 21.1. The number of anilines is 2. The molecule has 150 valence electrons. The summed E-state index contributed by atoms with van der Waals surface area (Å²) in [5.74, 6) is 0.868. The number of amides is 2. The van der Waals surface area contributed by atoms with E-state index in [2.05, 4.69) is 10.6 Å². The van der Waals surface area contributed by atoms with Crippen LogP contribution in [0.5, 0.6) is 11.5 Å². The lowest BCUT2D eigenvalue weighted by molar-refractivity contribution is 0.0636. The number of nitrogens with one attached hydrogen (secondary N) is 2. The van der Waals surface area contributed by atoms with Gasteiger partial charge in [-0.05, 0) is 64.1 Å². The van der Waals surface area contributed by atoms with E-state index in [4.69, 9.17) is 14.2 Å². The van der Waals surface area contributed by atoms with Gasteiger partial charge in [-0.15, -0.1) is 0 Å². The van der Waals surface area contributed by atoms with E-state index < -0.39 is 11.7 Å². The minimum atomic E-state index is -0.581. The highest BCUT2D eigenvalue weighted by molar-refractivity contribution is 6.04. The lowest BCUT2D eigenvalue weighted by Gasteiger charge is -2.19. The molecule has 0 spiro atoms. The number of carbonyl (C=O) groups excluding carboxylic acids is 2. The first-order valence-corrected chi connectivity index (χ1v) is 8.94. The van der Waals surface area contributed by atoms with Crippen LogP contribution in [0.3, 0.4) is 0 Å². The lowest BCUT2D eigenvalue weighted by atomic mass is 10.2. The summed E-state index contributed by atoms with van der Waals surface area (Å²) < 4.78 is 15.9. The van der Waals surface area contributed by atoms with Crippen molar-refractivity contribution in [2.24, 2.45) is 0 Å². The van der Waals surface area contributed by atoms with Crippen molar-refractivity contribution in [2.45, 2.75) is 33.3 Å². The van der Waals surface area contributed by atoms with Crippen LogP contribution < -0.4 is 20.1 Å². The fourth-order valence-electron chi connectivity index (χ4n) is 2.35. The van der Waals surface area contributed by atoms with Gasteiger partial charge in [-0.25, -0.2) is 4.79 Å². The summed E-state index contributed by atoms with van der Waals surface area (Å²) in [6.45, 7) is 7.77. The number of methoxy groups -OCH3 is 1. The molecule has 0 radical (unpaired) electrons. The van der Waals surface area contributed by atoms with Crippen molar-refractivity contribution in [3.8, 4) is 11.5 Å². The average Bonchev–Trinajstić information content (AvgIpc) is 2.62. The highest BCUT2D eigenvalue weighted by Crippen LogP contribution is 2.30. The van der Waals surface area contributed by atoms with Gasteiger partial charge in [0.2, 0.25) is 0 Å². The van der Waals surface area contributed by atoms with Gasteiger partial charge in [-0.3, -0.25) is 10.1 Å². The molecule has 2 rings (SSSR count). The number of rotatable bonds is 6. The molecule has 0 aliphatic heterocycles. The normalized spacial score (nSPS) is 10.8. The van der Waals surface area contributed by atoms with E-state index in [1.165, 1.54) is 0 Å². The summed E-state index contributed by atoms with van der Waals surface area (Å²) in [6.07, 6.45) is -0.550. The van der Waals surface area contributed by atoms with Crippen molar-refractivity contribution < 1.29 is 23.8 Å². The molecule has 0 aliphatic rings. The van der Waals surface area contributed by atoms with E-state index in [0.717, 1.165) is 0 Å². The molecular weight excluding hydrogens is 360 g/mol. The predicted octanol–water partition coefficient (Wildman–Crippen LogP) is 4.69.